The molecule has 0 spiro atoms. The summed E-state index contributed by atoms with van der Waals surface area (Å²) in [5, 5.41) is 5.52. The van der Waals surface area contributed by atoms with Gasteiger partial charge in [-0.1, -0.05) is 12.1 Å². The highest BCUT2D eigenvalue weighted by molar-refractivity contribution is 7.89. The fourth-order valence-electron chi connectivity index (χ4n) is 2.86. The quantitative estimate of drug-likeness (QED) is 0.354. The number of aromatic nitrogens is 2. The van der Waals surface area contributed by atoms with Gasteiger partial charge in [0.1, 0.15) is 10.8 Å². The Morgan fingerprint density at radius 2 is 1.85 bits per heavy atom. The molecule has 0 saturated carbocycles. The maximum absolute atomic E-state index is 12.4. The van der Waals surface area contributed by atoms with Gasteiger partial charge in [-0.25, -0.2) is 18.1 Å². The number of nitrogens with one attached hydrogen (secondary N) is 2. The van der Waals surface area contributed by atoms with Crippen LogP contribution >= 0.6 is 11.3 Å². The van der Waals surface area contributed by atoms with Crippen LogP contribution in [0.5, 0.6) is 0 Å². The molecule has 3 aromatic heterocycles. The molecule has 4 rings (SSSR count). The van der Waals surface area contributed by atoms with Crippen molar-refractivity contribution >= 4 is 33.3 Å². The number of benzene rings is 1. The minimum atomic E-state index is -3.66. The van der Waals surface area contributed by atoms with Crippen molar-refractivity contribution in [3.63, 3.8) is 0 Å². The minimum absolute atomic E-state index is 0.0697. The van der Waals surface area contributed by atoms with Crippen molar-refractivity contribution in [1.29, 1.82) is 0 Å². The van der Waals surface area contributed by atoms with Crippen LogP contribution in [0.2, 0.25) is 0 Å². The van der Waals surface area contributed by atoms with E-state index < -0.39 is 10.0 Å². The van der Waals surface area contributed by atoms with Crippen LogP contribution in [0.15, 0.2) is 88.0 Å². The first-order chi connectivity index (χ1) is 16.0. The van der Waals surface area contributed by atoms with Crippen LogP contribution in [0.3, 0.4) is 0 Å². The smallest absolute Gasteiger partial charge is 0.244 e. The Morgan fingerprint density at radius 3 is 2.58 bits per heavy atom. The van der Waals surface area contributed by atoms with E-state index in [9.17, 15) is 13.2 Å². The van der Waals surface area contributed by atoms with E-state index in [2.05, 4.69) is 20.0 Å². The summed E-state index contributed by atoms with van der Waals surface area (Å²) in [5.41, 5.74) is 2.51. The molecule has 3 heterocycles. The van der Waals surface area contributed by atoms with E-state index in [-0.39, 0.29) is 17.3 Å². The third-order valence-electron chi connectivity index (χ3n) is 4.58. The zero-order valence-corrected chi connectivity index (χ0v) is 19.0. The molecule has 0 bridgehead atoms. The largest absolute Gasteiger partial charge is 0.468 e. The number of carbonyl (C=O) groups excluding carboxylic acids is 1. The molecule has 0 unspecified atom stereocenters. The maximum Gasteiger partial charge on any atom is 0.244 e. The molecular formula is C23H20N4O4S2. The van der Waals surface area contributed by atoms with Crippen molar-refractivity contribution in [3.8, 4) is 11.3 Å². The van der Waals surface area contributed by atoms with Gasteiger partial charge in [0.2, 0.25) is 15.9 Å². The van der Waals surface area contributed by atoms with Crippen molar-refractivity contribution in [2.75, 3.05) is 0 Å². The Hall–Kier alpha value is -3.60. The third kappa shape index (κ3) is 6.22. The first-order valence-electron chi connectivity index (χ1n) is 9.92. The zero-order valence-electron chi connectivity index (χ0n) is 17.3. The van der Waals surface area contributed by atoms with Crippen molar-refractivity contribution < 1.29 is 17.6 Å². The number of hydrogen-bond acceptors (Lipinski definition) is 7. The number of sulfonamides is 1. The topological polar surface area (TPSA) is 114 Å². The lowest BCUT2D eigenvalue weighted by molar-refractivity contribution is -0.116. The molecule has 0 saturated heterocycles. The summed E-state index contributed by atoms with van der Waals surface area (Å²) in [6.07, 6.45) is 7.92. The Kier molecular flexibility index (Phi) is 7.08. The second-order valence-electron chi connectivity index (χ2n) is 6.89. The highest BCUT2D eigenvalue weighted by atomic mass is 32.2. The van der Waals surface area contributed by atoms with E-state index in [1.807, 2.05) is 17.5 Å². The summed E-state index contributed by atoms with van der Waals surface area (Å²) in [4.78, 5) is 20.8. The number of carbonyl (C=O) groups is 1. The number of thiazole rings is 1. The van der Waals surface area contributed by atoms with E-state index in [1.54, 1.807) is 42.7 Å². The van der Waals surface area contributed by atoms with Crippen LogP contribution in [0.25, 0.3) is 17.3 Å². The predicted octanol–water partition coefficient (Wildman–Crippen LogP) is 3.61. The summed E-state index contributed by atoms with van der Waals surface area (Å²) in [5.74, 6) is 0.253. The molecule has 10 heteroatoms. The molecular weight excluding hydrogens is 460 g/mol. The molecule has 4 aromatic rings. The van der Waals surface area contributed by atoms with Crippen LogP contribution in [0, 0.1) is 0 Å². The SMILES string of the molecule is O=C(/C=C/c1ccc(S(=O)(=O)NCc2ccco2)cc1)NCc1nc(-c2ccncc2)cs1. The summed E-state index contributed by atoms with van der Waals surface area (Å²) in [7, 11) is -3.66. The van der Waals surface area contributed by atoms with Crippen molar-refractivity contribution in [3.05, 3.63) is 95.0 Å². The number of furan rings is 1. The second-order valence-corrected chi connectivity index (χ2v) is 9.60. The van der Waals surface area contributed by atoms with E-state index in [0.717, 1.165) is 16.3 Å². The summed E-state index contributed by atoms with van der Waals surface area (Å²) in [6, 6.07) is 13.4. The Bertz CT molecular complexity index is 1330. The molecule has 1 aromatic carbocycles. The maximum atomic E-state index is 12.4. The molecule has 33 heavy (non-hydrogen) atoms. The highest BCUT2D eigenvalue weighted by Gasteiger charge is 2.14. The lowest BCUT2D eigenvalue weighted by Crippen LogP contribution is -2.22. The van der Waals surface area contributed by atoms with Gasteiger partial charge in [-0.2, -0.15) is 0 Å². The fraction of sp³-hybridized carbons (Fsp3) is 0.0870. The van der Waals surface area contributed by atoms with E-state index in [1.165, 1.54) is 35.8 Å². The number of hydrogen-bond donors (Lipinski definition) is 2. The monoisotopic (exact) mass is 480 g/mol. The number of amides is 1. The number of nitrogens with zero attached hydrogens (tertiary/aromatic N) is 2. The first kappa shape index (κ1) is 22.6. The Balaban J connectivity index is 1.29. The van der Waals surface area contributed by atoms with Gasteiger partial charge in [0, 0.05) is 29.4 Å². The van der Waals surface area contributed by atoms with Gasteiger partial charge >= 0.3 is 0 Å². The standard InChI is InChI=1S/C23H20N4O4S2/c28-22(25-15-23-27-21(16-32-23)18-9-11-24-12-10-18)8-5-17-3-6-20(7-4-17)33(29,30)26-14-19-2-1-13-31-19/h1-13,16,26H,14-15H2,(H,25,28)/b8-5+. The molecule has 0 fully saturated rings. The summed E-state index contributed by atoms with van der Waals surface area (Å²) >= 11 is 1.47. The molecule has 2 N–H and O–H groups in total. The molecule has 168 valence electrons. The average Bonchev–Trinajstić information content (AvgIpc) is 3.53. The minimum Gasteiger partial charge on any atom is -0.468 e. The molecule has 8 nitrogen and oxygen atoms in total. The van der Waals surface area contributed by atoms with Crippen molar-refractivity contribution in [2.24, 2.45) is 0 Å². The lowest BCUT2D eigenvalue weighted by Gasteiger charge is -2.05. The molecule has 0 radical (unpaired) electrons. The van der Waals surface area contributed by atoms with Crippen LogP contribution < -0.4 is 10.0 Å². The van der Waals surface area contributed by atoms with Gasteiger partial charge in [0.05, 0.1) is 29.9 Å². The van der Waals surface area contributed by atoms with Crippen LogP contribution in [0.4, 0.5) is 0 Å². The highest BCUT2D eigenvalue weighted by Crippen LogP contribution is 2.21. The lowest BCUT2D eigenvalue weighted by atomic mass is 10.2. The van der Waals surface area contributed by atoms with Gasteiger partial charge in [-0.05, 0) is 48.0 Å². The van der Waals surface area contributed by atoms with Gasteiger partial charge < -0.3 is 9.73 Å². The molecule has 0 aliphatic rings. The number of rotatable bonds is 9. The fourth-order valence-corrected chi connectivity index (χ4v) is 4.60. The van der Waals surface area contributed by atoms with Gasteiger partial charge in [0.15, 0.2) is 0 Å². The Morgan fingerprint density at radius 1 is 1.06 bits per heavy atom. The number of pyridine rings is 1. The van der Waals surface area contributed by atoms with Crippen LogP contribution in [-0.4, -0.2) is 24.3 Å². The normalized spacial score (nSPS) is 11.6. The average molecular weight is 481 g/mol. The molecule has 0 atom stereocenters. The molecule has 0 aliphatic heterocycles. The summed E-state index contributed by atoms with van der Waals surface area (Å²) < 4.78 is 32.4. The molecule has 0 aliphatic carbocycles. The summed E-state index contributed by atoms with van der Waals surface area (Å²) in [6.45, 7) is 0.387. The van der Waals surface area contributed by atoms with Gasteiger partial charge in [-0.3, -0.25) is 9.78 Å². The van der Waals surface area contributed by atoms with Crippen LogP contribution in [-0.2, 0) is 27.9 Å². The van der Waals surface area contributed by atoms with E-state index in [0.29, 0.717) is 17.9 Å². The van der Waals surface area contributed by atoms with Gasteiger partial charge in [0.25, 0.3) is 0 Å². The van der Waals surface area contributed by atoms with E-state index >= 15 is 0 Å². The zero-order chi connectivity index (χ0) is 23.1. The first-order valence-corrected chi connectivity index (χ1v) is 12.3. The second kappa shape index (κ2) is 10.3. The Labute approximate surface area is 195 Å². The van der Waals surface area contributed by atoms with E-state index in [4.69, 9.17) is 4.42 Å². The predicted molar refractivity (Wildman–Crippen MR) is 125 cm³/mol. The van der Waals surface area contributed by atoms with Gasteiger partial charge in [-0.15, -0.1) is 11.3 Å². The van der Waals surface area contributed by atoms with Crippen molar-refractivity contribution in [1.82, 2.24) is 20.0 Å². The molecule has 1 amide bonds. The van der Waals surface area contributed by atoms with Crippen LogP contribution in [0.1, 0.15) is 16.3 Å². The van der Waals surface area contributed by atoms with Crippen molar-refractivity contribution in [2.45, 2.75) is 18.0 Å². The third-order valence-corrected chi connectivity index (χ3v) is 6.84.